The van der Waals surface area contributed by atoms with E-state index >= 15 is 0 Å². The summed E-state index contributed by atoms with van der Waals surface area (Å²) in [6.45, 7) is -1.61. The lowest BCUT2D eigenvalue weighted by Crippen LogP contribution is -2.34. The van der Waals surface area contributed by atoms with E-state index in [9.17, 15) is 18.0 Å². The quantitative estimate of drug-likeness (QED) is 0.788. The zero-order valence-electron chi connectivity index (χ0n) is 11.1. The van der Waals surface area contributed by atoms with Crippen molar-refractivity contribution in [1.29, 1.82) is 0 Å². The van der Waals surface area contributed by atoms with Crippen LogP contribution < -0.4 is 5.73 Å². The number of aromatic hydroxyl groups is 1. The zero-order chi connectivity index (χ0) is 15.2. The number of phenols is 1. The Balaban J connectivity index is 0.00000400. The number of ether oxygens (including phenoxy) is 1. The number of phenolic OH excluding ortho intramolecular Hbond substituents is 1. The summed E-state index contributed by atoms with van der Waals surface area (Å²) >= 11 is 0. The van der Waals surface area contributed by atoms with Crippen LogP contribution in [-0.4, -0.2) is 29.9 Å². The van der Waals surface area contributed by atoms with Crippen LogP contribution in [0.1, 0.15) is 18.4 Å². The third-order valence-electron chi connectivity index (χ3n) is 2.60. The van der Waals surface area contributed by atoms with Crippen molar-refractivity contribution in [3.8, 4) is 5.75 Å². The second-order valence-electron chi connectivity index (χ2n) is 4.39. The molecule has 0 aromatic heterocycles. The molecule has 1 aromatic rings. The first-order valence-electron chi connectivity index (χ1n) is 6.05. The molecule has 1 aromatic carbocycles. The maximum Gasteiger partial charge on any atom is 0.422 e. The van der Waals surface area contributed by atoms with E-state index in [1.165, 1.54) is 12.1 Å². The van der Waals surface area contributed by atoms with Gasteiger partial charge in [-0.25, -0.2) is 0 Å². The second kappa shape index (κ2) is 8.74. The highest BCUT2D eigenvalue weighted by Crippen LogP contribution is 2.15. The summed E-state index contributed by atoms with van der Waals surface area (Å²) in [6.07, 6.45) is -3.16. The van der Waals surface area contributed by atoms with Gasteiger partial charge in [0.1, 0.15) is 11.8 Å². The van der Waals surface area contributed by atoms with Crippen molar-refractivity contribution in [3.63, 3.8) is 0 Å². The average Bonchev–Trinajstić information content (AvgIpc) is 2.37. The smallest absolute Gasteiger partial charge is 0.422 e. The molecule has 0 aliphatic heterocycles. The summed E-state index contributed by atoms with van der Waals surface area (Å²) in [4.78, 5) is 11.2. The lowest BCUT2D eigenvalue weighted by atomic mass is 10.1. The van der Waals surface area contributed by atoms with E-state index in [-0.39, 0.29) is 24.6 Å². The summed E-state index contributed by atoms with van der Waals surface area (Å²) in [6, 6.07) is 5.46. The van der Waals surface area contributed by atoms with Crippen LogP contribution in [0.15, 0.2) is 24.3 Å². The normalized spacial score (nSPS) is 12.4. The Bertz CT molecular complexity index is 437. The second-order valence-corrected chi connectivity index (χ2v) is 4.39. The van der Waals surface area contributed by atoms with Crippen molar-refractivity contribution in [2.24, 2.45) is 5.73 Å². The van der Waals surface area contributed by atoms with Crippen molar-refractivity contribution in [2.75, 3.05) is 6.61 Å². The fraction of sp³-hybridized carbons (Fsp3) is 0.462. The number of nitrogens with two attached hydrogens (primary N) is 1. The third-order valence-corrected chi connectivity index (χ3v) is 2.60. The lowest BCUT2D eigenvalue weighted by molar-refractivity contribution is -0.187. The van der Waals surface area contributed by atoms with E-state index in [1.54, 1.807) is 12.1 Å². The number of hydrogen-bond donors (Lipinski definition) is 2. The SMILES string of the molecule is Cl.N[C@@H](CCCc1ccc(O)cc1)C(=O)OCC(F)(F)F. The first kappa shape index (κ1) is 19.5. The van der Waals surface area contributed by atoms with Gasteiger partial charge in [0.2, 0.25) is 0 Å². The van der Waals surface area contributed by atoms with Gasteiger partial charge in [0.15, 0.2) is 6.61 Å². The molecule has 21 heavy (non-hydrogen) atoms. The summed E-state index contributed by atoms with van der Waals surface area (Å²) in [5.41, 5.74) is 6.40. The maximum atomic E-state index is 11.8. The van der Waals surface area contributed by atoms with Gasteiger partial charge in [0, 0.05) is 0 Å². The summed E-state index contributed by atoms with van der Waals surface area (Å²) in [7, 11) is 0. The number of carbonyl (C=O) groups excluding carboxylic acids is 1. The molecule has 120 valence electrons. The van der Waals surface area contributed by atoms with Crippen molar-refractivity contribution in [1.82, 2.24) is 0 Å². The topological polar surface area (TPSA) is 72.5 Å². The van der Waals surface area contributed by atoms with Gasteiger partial charge in [0.25, 0.3) is 0 Å². The monoisotopic (exact) mass is 327 g/mol. The highest BCUT2D eigenvalue weighted by molar-refractivity contribution is 5.85. The number of benzene rings is 1. The van der Waals surface area contributed by atoms with E-state index in [0.717, 1.165) is 5.56 Å². The maximum absolute atomic E-state index is 11.8. The van der Waals surface area contributed by atoms with Crippen LogP contribution in [0.3, 0.4) is 0 Å². The number of hydrogen-bond acceptors (Lipinski definition) is 4. The molecule has 3 N–H and O–H groups in total. The molecule has 0 fully saturated rings. The molecular weight excluding hydrogens is 311 g/mol. The van der Waals surface area contributed by atoms with Crippen molar-refractivity contribution < 1.29 is 27.8 Å². The first-order valence-corrected chi connectivity index (χ1v) is 6.05. The molecule has 1 atom stereocenters. The van der Waals surface area contributed by atoms with Crippen LogP contribution >= 0.6 is 12.4 Å². The van der Waals surface area contributed by atoms with E-state index < -0.39 is 24.8 Å². The zero-order valence-corrected chi connectivity index (χ0v) is 11.9. The molecule has 0 bridgehead atoms. The minimum absolute atomic E-state index is 0. The predicted molar refractivity (Wildman–Crippen MR) is 73.3 cm³/mol. The molecule has 0 spiro atoms. The molecule has 0 amide bonds. The Morgan fingerprint density at radius 3 is 2.38 bits per heavy atom. The van der Waals surface area contributed by atoms with Crippen LogP contribution in [0.4, 0.5) is 13.2 Å². The summed E-state index contributed by atoms with van der Waals surface area (Å²) in [5.74, 6) is -0.894. The number of esters is 1. The van der Waals surface area contributed by atoms with E-state index in [4.69, 9.17) is 10.8 Å². The standard InChI is InChI=1S/C13H16F3NO3.ClH/c14-13(15,16)8-20-12(19)11(17)3-1-2-9-4-6-10(18)7-5-9;/h4-7,11,18H,1-3,8,17H2;1H/t11-;/m0./s1. The molecule has 0 aliphatic carbocycles. The van der Waals surface area contributed by atoms with E-state index in [1.807, 2.05) is 0 Å². The minimum atomic E-state index is -4.54. The Kier molecular flexibility index (Phi) is 8.12. The van der Waals surface area contributed by atoms with Crippen LogP contribution in [0.2, 0.25) is 0 Å². The highest BCUT2D eigenvalue weighted by atomic mass is 35.5. The largest absolute Gasteiger partial charge is 0.508 e. The Labute approximate surface area is 126 Å². The van der Waals surface area contributed by atoms with Gasteiger partial charge in [0.05, 0.1) is 0 Å². The first-order chi connectivity index (χ1) is 9.28. The molecule has 0 heterocycles. The summed E-state index contributed by atoms with van der Waals surface area (Å²) in [5, 5.41) is 9.09. The Morgan fingerprint density at radius 1 is 1.29 bits per heavy atom. The molecule has 0 aliphatic rings. The lowest BCUT2D eigenvalue weighted by Gasteiger charge is -2.12. The average molecular weight is 328 g/mol. The van der Waals surface area contributed by atoms with Crippen molar-refractivity contribution in [2.45, 2.75) is 31.5 Å². The van der Waals surface area contributed by atoms with Gasteiger partial charge in [-0.2, -0.15) is 13.2 Å². The molecule has 0 unspecified atom stereocenters. The molecule has 0 saturated heterocycles. The summed E-state index contributed by atoms with van der Waals surface area (Å²) < 4.78 is 39.6. The molecule has 4 nitrogen and oxygen atoms in total. The van der Waals surface area contributed by atoms with Gasteiger partial charge in [-0.05, 0) is 37.0 Å². The predicted octanol–water partition coefficient (Wildman–Crippen LogP) is 2.57. The fourth-order valence-electron chi connectivity index (χ4n) is 1.57. The van der Waals surface area contributed by atoms with Crippen LogP contribution in [0.25, 0.3) is 0 Å². The van der Waals surface area contributed by atoms with Gasteiger partial charge in [-0.1, -0.05) is 12.1 Å². The van der Waals surface area contributed by atoms with E-state index in [0.29, 0.717) is 12.8 Å². The van der Waals surface area contributed by atoms with Crippen LogP contribution in [-0.2, 0) is 16.0 Å². The van der Waals surface area contributed by atoms with Crippen molar-refractivity contribution >= 4 is 18.4 Å². The molecule has 1 rings (SSSR count). The van der Waals surface area contributed by atoms with Crippen molar-refractivity contribution in [3.05, 3.63) is 29.8 Å². The highest BCUT2D eigenvalue weighted by Gasteiger charge is 2.30. The molecule has 8 heteroatoms. The van der Waals surface area contributed by atoms with Gasteiger partial charge in [-0.15, -0.1) is 12.4 Å². The van der Waals surface area contributed by atoms with Gasteiger partial charge in [-0.3, -0.25) is 4.79 Å². The fourth-order valence-corrected chi connectivity index (χ4v) is 1.57. The number of aryl methyl sites for hydroxylation is 1. The van der Waals surface area contributed by atoms with Crippen LogP contribution in [0.5, 0.6) is 5.75 Å². The van der Waals surface area contributed by atoms with Crippen LogP contribution in [0, 0.1) is 0 Å². The Hall–Kier alpha value is -1.47. The molecule has 0 saturated carbocycles. The molecule has 0 radical (unpaired) electrons. The minimum Gasteiger partial charge on any atom is -0.508 e. The number of alkyl halides is 3. The number of carbonyl (C=O) groups is 1. The number of rotatable bonds is 6. The Morgan fingerprint density at radius 2 is 1.86 bits per heavy atom. The molecular formula is C13H17ClF3NO3. The number of halogens is 4. The third kappa shape index (κ3) is 8.41. The van der Waals surface area contributed by atoms with Gasteiger partial charge < -0.3 is 15.6 Å². The van der Waals surface area contributed by atoms with Gasteiger partial charge >= 0.3 is 12.1 Å². The van der Waals surface area contributed by atoms with E-state index in [2.05, 4.69) is 4.74 Å².